The molecular weight excluding hydrogens is 1350 g/mol. The number of carbonyl (C=O) groups is 4. The Kier molecular flexibility index (Phi) is 73.3. The van der Waals surface area contributed by atoms with Crippen molar-refractivity contribution < 1.29 is 80.2 Å². The monoisotopic (exact) mass is 1500 g/mol. The molecule has 0 heterocycles. The second-order valence-electron chi connectivity index (χ2n) is 27.0. The molecular formula is C85H146O17P2. The van der Waals surface area contributed by atoms with Crippen molar-refractivity contribution in [1.29, 1.82) is 0 Å². The van der Waals surface area contributed by atoms with Crippen molar-refractivity contribution in [3.05, 3.63) is 122 Å². The van der Waals surface area contributed by atoms with E-state index < -0.39 is 97.5 Å². The molecule has 0 aliphatic heterocycles. The Morgan fingerprint density at radius 1 is 0.279 bits per heavy atom. The molecule has 0 rings (SSSR count). The van der Waals surface area contributed by atoms with E-state index in [4.69, 9.17) is 37.0 Å². The van der Waals surface area contributed by atoms with E-state index in [9.17, 15) is 43.2 Å². The van der Waals surface area contributed by atoms with Crippen molar-refractivity contribution in [2.24, 2.45) is 0 Å². The standard InChI is InChI=1S/C85H146O17P2/c1-5-9-13-17-21-25-29-33-36-38-39-41-44-47-50-54-58-62-66-70-83(88)96-76-81(102-85(90)72-68-64-60-56-52-48-42-35-31-27-23-19-15-11-7-3)78-100-104(93,94)98-74-79(86)73-97-103(91,92)99-77-80(101-84(89)71-67-63-59-55-51-45-32-28-24-20-16-12-8-4)75-95-82(87)69-65-61-57-53-49-46-43-40-37-34-30-26-22-18-14-10-6-2/h9-10,13-14,21-22,25-26,28,32-34,36-37,39,41,43,46-47,50,79-81,86H,5-8,11-12,15-20,23-24,27,29-31,35,38,40,42,44-45,48-49,51-78H2,1-4H3,(H,91,92)(H,93,94)/b13-9-,14-10-,25-21-,26-22-,32-28-,36-33-,37-34-,41-39-,46-43-,50-47-. The molecule has 0 aliphatic rings. The highest BCUT2D eigenvalue weighted by atomic mass is 31.2. The van der Waals surface area contributed by atoms with Crippen LogP contribution in [0.3, 0.4) is 0 Å². The van der Waals surface area contributed by atoms with Gasteiger partial charge in [-0.15, -0.1) is 0 Å². The highest BCUT2D eigenvalue weighted by Crippen LogP contribution is 2.45. The Labute approximate surface area is 632 Å². The number of rotatable bonds is 76. The van der Waals surface area contributed by atoms with Gasteiger partial charge >= 0.3 is 39.5 Å². The molecule has 0 bridgehead atoms. The number of hydrogen-bond donors (Lipinski definition) is 3. The topological polar surface area (TPSA) is 237 Å². The van der Waals surface area contributed by atoms with Gasteiger partial charge in [0.1, 0.15) is 19.3 Å². The number of phosphoric ester groups is 2. The number of unbranched alkanes of at least 4 members (excludes halogenated alkanes) is 30. The summed E-state index contributed by atoms with van der Waals surface area (Å²) >= 11 is 0. The number of phosphoric acid groups is 2. The van der Waals surface area contributed by atoms with E-state index in [1.54, 1.807) is 0 Å². The molecule has 0 amide bonds. The molecule has 5 unspecified atom stereocenters. The molecule has 0 aliphatic carbocycles. The Morgan fingerprint density at radius 3 is 0.798 bits per heavy atom. The van der Waals surface area contributed by atoms with Crippen LogP contribution in [0.2, 0.25) is 0 Å². The summed E-state index contributed by atoms with van der Waals surface area (Å²) < 4.78 is 68.6. The normalized spacial score (nSPS) is 14.5. The minimum absolute atomic E-state index is 0.0775. The fourth-order valence-corrected chi connectivity index (χ4v) is 12.3. The number of aliphatic hydroxyl groups is 1. The third-order valence-electron chi connectivity index (χ3n) is 16.9. The van der Waals surface area contributed by atoms with Crippen LogP contribution in [0, 0.1) is 0 Å². The first-order valence-electron chi connectivity index (χ1n) is 40.8. The van der Waals surface area contributed by atoms with Crippen molar-refractivity contribution >= 4 is 39.5 Å². The maximum absolute atomic E-state index is 13.1. The summed E-state index contributed by atoms with van der Waals surface area (Å²) in [5.74, 6) is -2.23. The lowest BCUT2D eigenvalue weighted by atomic mass is 10.0. The summed E-state index contributed by atoms with van der Waals surface area (Å²) in [6.45, 7) is 4.60. The summed E-state index contributed by atoms with van der Waals surface area (Å²) in [4.78, 5) is 73.1. The molecule has 17 nitrogen and oxygen atoms in total. The van der Waals surface area contributed by atoms with E-state index in [1.807, 2.05) is 0 Å². The van der Waals surface area contributed by atoms with Gasteiger partial charge in [0.2, 0.25) is 0 Å². The highest BCUT2D eigenvalue weighted by Gasteiger charge is 2.30. The van der Waals surface area contributed by atoms with Crippen LogP contribution in [0.1, 0.15) is 336 Å². The summed E-state index contributed by atoms with van der Waals surface area (Å²) in [6, 6.07) is 0. The van der Waals surface area contributed by atoms with E-state index >= 15 is 0 Å². The first kappa shape index (κ1) is 99.5. The molecule has 0 saturated carbocycles. The largest absolute Gasteiger partial charge is 0.472 e. The molecule has 104 heavy (non-hydrogen) atoms. The lowest BCUT2D eigenvalue weighted by Gasteiger charge is -2.21. The van der Waals surface area contributed by atoms with Gasteiger partial charge in [0.15, 0.2) is 12.2 Å². The predicted molar refractivity (Wildman–Crippen MR) is 427 cm³/mol. The summed E-state index contributed by atoms with van der Waals surface area (Å²) in [5.41, 5.74) is 0. The van der Waals surface area contributed by atoms with Crippen molar-refractivity contribution in [1.82, 2.24) is 0 Å². The van der Waals surface area contributed by atoms with Crippen molar-refractivity contribution in [2.75, 3.05) is 39.6 Å². The van der Waals surface area contributed by atoms with Crippen molar-refractivity contribution in [3.63, 3.8) is 0 Å². The smallest absolute Gasteiger partial charge is 0.462 e. The number of allylic oxidation sites excluding steroid dienone is 20. The number of aliphatic hydroxyl groups excluding tert-OH is 1. The molecule has 3 N–H and O–H groups in total. The van der Waals surface area contributed by atoms with Gasteiger partial charge < -0.3 is 33.8 Å². The first-order valence-corrected chi connectivity index (χ1v) is 43.8. The van der Waals surface area contributed by atoms with E-state index in [2.05, 4.69) is 149 Å². The predicted octanol–water partition coefficient (Wildman–Crippen LogP) is 23.9. The zero-order valence-electron chi connectivity index (χ0n) is 65.4. The molecule has 0 radical (unpaired) electrons. The quantitative estimate of drug-likeness (QED) is 0.0169. The van der Waals surface area contributed by atoms with Crippen LogP contribution < -0.4 is 0 Å². The zero-order valence-corrected chi connectivity index (χ0v) is 67.2. The molecule has 0 saturated heterocycles. The van der Waals surface area contributed by atoms with Crippen LogP contribution in [0.5, 0.6) is 0 Å². The SMILES string of the molecule is CC/C=C\C/C=C\C/C=C\C/C=C\C/C=C\CCCCCC(=O)OCC(COP(=O)(O)OCC(O)COP(=O)(O)OCC(COC(=O)CCCCCC/C=C\C/C=C\C/C=C\C/C=C\CC)OC(=O)CCCCCCC/C=C\CCCCCC)OC(=O)CCCCCCCCCCCCCCCCC. The van der Waals surface area contributed by atoms with E-state index in [0.29, 0.717) is 25.7 Å². The van der Waals surface area contributed by atoms with Gasteiger partial charge in [0, 0.05) is 25.7 Å². The molecule has 19 heteroatoms. The van der Waals surface area contributed by atoms with Gasteiger partial charge in [-0.1, -0.05) is 297 Å². The Bertz CT molecular complexity index is 2440. The van der Waals surface area contributed by atoms with E-state index in [1.165, 1.54) is 89.9 Å². The average Bonchev–Trinajstić information content (AvgIpc) is 0.911. The van der Waals surface area contributed by atoms with Crippen LogP contribution >= 0.6 is 15.6 Å². The van der Waals surface area contributed by atoms with Crippen LogP contribution in [0.15, 0.2) is 122 Å². The van der Waals surface area contributed by atoms with Gasteiger partial charge in [0.05, 0.1) is 26.4 Å². The van der Waals surface area contributed by atoms with E-state index in [-0.39, 0.29) is 25.7 Å². The fourth-order valence-electron chi connectivity index (χ4n) is 10.8. The maximum Gasteiger partial charge on any atom is 0.472 e. The molecule has 0 spiro atoms. The van der Waals surface area contributed by atoms with Gasteiger partial charge in [-0.3, -0.25) is 37.3 Å². The van der Waals surface area contributed by atoms with E-state index in [0.717, 1.165) is 167 Å². The van der Waals surface area contributed by atoms with Crippen molar-refractivity contribution in [3.8, 4) is 0 Å². The second-order valence-corrected chi connectivity index (χ2v) is 29.9. The van der Waals surface area contributed by atoms with Gasteiger partial charge in [-0.05, 0) is 135 Å². The minimum atomic E-state index is -4.99. The van der Waals surface area contributed by atoms with Gasteiger partial charge in [-0.25, -0.2) is 9.13 Å². The summed E-state index contributed by atoms with van der Waals surface area (Å²) in [6.07, 6.45) is 84.6. The van der Waals surface area contributed by atoms with Gasteiger partial charge in [0.25, 0.3) is 0 Å². The van der Waals surface area contributed by atoms with Crippen molar-refractivity contribution in [2.45, 2.75) is 354 Å². The third kappa shape index (κ3) is 75.7. The number of ether oxygens (including phenoxy) is 4. The number of esters is 4. The maximum atomic E-state index is 13.1. The number of hydrogen-bond acceptors (Lipinski definition) is 15. The first-order chi connectivity index (χ1) is 50.7. The van der Waals surface area contributed by atoms with Crippen LogP contribution in [-0.4, -0.2) is 96.7 Å². The second kappa shape index (κ2) is 76.6. The van der Waals surface area contributed by atoms with Crippen LogP contribution in [0.25, 0.3) is 0 Å². The summed E-state index contributed by atoms with van der Waals surface area (Å²) in [5, 5.41) is 10.6. The van der Waals surface area contributed by atoms with Crippen LogP contribution in [0.4, 0.5) is 0 Å². The molecule has 5 atom stereocenters. The highest BCUT2D eigenvalue weighted by molar-refractivity contribution is 7.47. The Morgan fingerprint density at radius 2 is 0.500 bits per heavy atom. The van der Waals surface area contributed by atoms with Crippen LogP contribution in [-0.2, 0) is 65.4 Å². The minimum Gasteiger partial charge on any atom is -0.462 e. The fraction of sp³-hybridized carbons (Fsp3) is 0.718. The van der Waals surface area contributed by atoms with Gasteiger partial charge in [-0.2, -0.15) is 0 Å². The lowest BCUT2D eigenvalue weighted by Crippen LogP contribution is -2.30. The molecule has 598 valence electrons. The molecule has 0 aromatic rings. The molecule has 0 aromatic heterocycles. The summed E-state index contributed by atoms with van der Waals surface area (Å²) in [7, 11) is -9.97. The Hall–Kier alpha value is -4.54. The zero-order chi connectivity index (χ0) is 76.0. The molecule has 0 aromatic carbocycles. The number of carbonyl (C=O) groups excluding carboxylic acids is 4. The average molecular weight is 1500 g/mol. The Balaban J connectivity index is 5.39. The lowest BCUT2D eigenvalue weighted by molar-refractivity contribution is -0.161. The third-order valence-corrected chi connectivity index (χ3v) is 18.8. The molecule has 0 fully saturated rings.